The number of benzene rings is 2. The molecular formula is C18H15ClFNO3S2. The van der Waals surface area contributed by atoms with Crippen molar-refractivity contribution in [3.05, 3.63) is 75.5 Å². The highest BCUT2D eigenvalue weighted by molar-refractivity contribution is 7.90. The molecule has 0 bridgehead atoms. The molecule has 0 radical (unpaired) electrons. The van der Waals surface area contributed by atoms with Crippen LogP contribution in [0.1, 0.15) is 23.6 Å². The minimum atomic E-state index is -3.90. The Balaban J connectivity index is 1.86. The predicted molar refractivity (Wildman–Crippen MR) is 99.9 cm³/mol. The lowest BCUT2D eigenvalue weighted by Gasteiger charge is -2.17. The minimum absolute atomic E-state index is 0.0342. The molecule has 3 rings (SSSR count). The van der Waals surface area contributed by atoms with Gasteiger partial charge in [0.25, 0.3) is 0 Å². The summed E-state index contributed by atoms with van der Waals surface area (Å²) in [6.07, 6.45) is 1.13. The van der Waals surface area contributed by atoms with Crippen LogP contribution in [0.2, 0.25) is 5.02 Å². The standard InChI is InChI=1S/C18H15ClFNO3S2/c1-12(13-5-3-2-4-6-13)24-16-10-15(20)17(9-14(16)19)26(22,23)11-18-21-7-8-25-18/h2-10,12H,11H2,1H3/t12-/m0/s1. The van der Waals surface area contributed by atoms with E-state index in [1.807, 2.05) is 30.3 Å². The molecule has 8 heteroatoms. The maximum atomic E-state index is 14.5. The summed E-state index contributed by atoms with van der Waals surface area (Å²) in [7, 11) is -3.90. The van der Waals surface area contributed by atoms with Crippen molar-refractivity contribution in [1.82, 2.24) is 4.98 Å². The molecule has 0 N–H and O–H groups in total. The number of hydrogen-bond donors (Lipinski definition) is 0. The van der Waals surface area contributed by atoms with Crippen molar-refractivity contribution in [2.45, 2.75) is 23.7 Å². The summed E-state index contributed by atoms with van der Waals surface area (Å²) >= 11 is 7.34. The largest absolute Gasteiger partial charge is 0.484 e. The fourth-order valence-electron chi connectivity index (χ4n) is 2.39. The molecule has 3 aromatic rings. The molecule has 0 fully saturated rings. The van der Waals surface area contributed by atoms with Crippen molar-refractivity contribution in [2.75, 3.05) is 0 Å². The summed E-state index contributed by atoms with van der Waals surface area (Å²) < 4.78 is 45.1. The average Bonchev–Trinajstić information content (AvgIpc) is 3.10. The summed E-state index contributed by atoms with van der Waals surface area (Å²) in [4.78, 5) is 3.47. The van der Waals surface area contributed by atoms with Gasteiger partial charge in [0.15, 0.2) is 9.84 Å². The third-order valence-electron chi connectivity index (χ3n) is 3.69. The average molecular weight is 412 g/mol. The quantitative estimate of drug-likeness (QED) is 0.569. The molecule has 0 saturated carbocycles. The van der Waals surface area contributed by atoms with E-state index in [0.717, 1.165) is 17.7 Å². The molecule has 0 saturated heterocycles. The Kier molecular flexibility index (Phi) is 5.60. The van der Waals surface area contributed by atoms with Gasteiger partial charge in [-0.25, -0.2) is 17.8 Å². The first kappa shape index (κ1) is 18.8. The minimum Gasteiger partial charge on any atom is -0.484 e. The van der Waals surface area contributed by atoms with E-state index in [1.54, 1.807) is 12.3 Å². The highest BCUT2D eigenvalue weighted by atomic mass is 35.5. The second-order valence-electron chi connectivity index (χ2n) is 5.57. The van der Waals surface area contributed by atoms with Crippen molar-refractivity contribution in [1.29, 1.82) is 0 Å². The molecule has 2 aromatic carbocycles. The van der Waals surface area contributed by atoms with Gasteiger partial charge >= 0.3 is 0 Å². The Morgan fingerprint density at radius 2 is 2.00 bits per heavy atom. The van der Waals surface area contributed by atoms with Crippen LogP contribution >= 0.6 is 22.9 Å². The number of nitrogens with zero attached hydrogens (tertiary/aromatic N) is 1. The van der Waals surface area contributed by atoms with Crippen molar-refractivity contribution in [3.8, 4) is 5.75 Å². The van der Waals surface area contributed by atoms with Gasteiger partial charge in [0.05, 0.1) is 5.02 Å². The van der Waals surface area contributed by atoms with Crippen molar-refractivity contribution in [3.63, 3.8) is 0 Å². The first-order valence-electron chi connectivity index (χ1n) is 7.68. The van der Waals surface area contributed by atoms with E-state index >= 15 is 0 Å². The fourth-order valence-corrected chi connectivity index (χ4v) is 5.01. The highest BCUT2D eigenvalue weighted by Crippen LogP contribution is 2.34. The number of hydrogen-bond acceptors (Lipinski definition) is 5. The Morgan fingerprint density at radius 3 is 2.65 bits per heavy atom. The van der Waals surface area contributed by atoms with E-state index in [-0.39, 0.29) is 22.6 Å². The highest BCUT2D eigenvalue weighted by Gasteiger charge is 2.24. The number of aromatic nitrogens is 1. The lowest BCUT2D eigenvalue weighted by atomic mass is 10.1. The molecule has 0 amide bonds. The van der Waals surface area contributed by atoms with E-state index in [4.69, 9.17) is 16.3 Å². The van der Waals surface area contributed by atoms with E-state index < -0.39 is 20.5 Å². The maximum absolute atomic E-state index is 14.5. The Hall–Kier alpha value is -1.96. The van der Waals surface area contributed by atoms with Crippen molar-refractivity contribution < 1.29 is 17.5 Å². The van der Waals surface area contributed by atoms with Gasteiger partial charge in [-0.1, -0.05) is 41.9 Å². The SMILES string of the molecule is C[C@H](Oc1cc(F)c(S(=O)(=O)Cc2nccs2)cc1Cl)c1ccccc1. The molecule has 1 atom stereocenters. The lowest BCUT2D eigenvalue weighted by molar-refractivity contribution is 0.226. The maximum Gasteiger partial charge on any atom is 0.187 e. The number of rotatable bonds is 6. The molecule has 0 aliphatic carbocycles. The first-order chi connectivity index (χ1) is 12.4. The lowest BCUT2D eigenvalue weighted by Crippen LogP contribution is -2.09. The van der Waals surface area contributed by atoms with E-state index in [9.17, 15) is 12.8 Å². The third kappa shape index (κ3) is 4.23. The van der Waals surface area contributed by atoms with Crippen LogP contribution in [0.15, 0.2) is 58.9 Å². The molecule has 0 aliphatic rings. The molecule has 0 aliphatic heterocycles. The van der Waals surface area contributed by atoms with E-state index in [2.05, 4.69) is 4.98 Å². The zero-order valence-corrected chi connectivity index (χ0v) is 16.1. The topological polar surface area (TPSA) is 56.3 Å². The van der Waals surface area contributed by atoms with Crippen LogP contribution in [-0.2, 0) is 15.6 Å². The Bertz CT molecular complexity index is 993. The van der Waals surface area contributed by atoms with Gasteiger partial charge in [0, 0.05) is 17.6 Å². The van der Waals surface area contributed by atoms with Gasteiger partial charge in [-0.05, 0) is 18.6 Å². The van der Waals surface area contributed by atoms with Gasteiger partial charge in [-0.15, -0.1) is 11.3 Å². The van der Waals surface area contributed by atoms with Gasteiger partial charge in [0.2, 0.25) is 0 Å². The Morgan fingerprint density at radius 1 is 1.27 bits per heavy atom. The second kappa shape index (κ2) is 7.73. The Labute approximate surface area is 160 Å². The predicted octanol–water partition coefficient (Wildman–Crippen LogP) is 5.05. The molecular weight excluding hydrogens is 397 g/mol. The van der Waals surface area contributed by atoms with Crippen molar-refractivity contribution in [2.24, 2.45) is 0 Å². The molecule has 1 aromatic heterocycles. The van der Waals surface area contributed by atoms with Crippen LogP contribution in [0, 0.1) is 5.82 Å². The molecule has 0 unspecified atom stereocenters. The molecule has 4 nitrogen and oxygen atoms in total. The molecule has 1 heterocycles. The van der Waals surface area contributed by atoms with Crippen LogP contribution in [0.4, 0.5) is 4.39 Å². The summed E-state index contributed by atoms with van der Waals surface area (Å²) in [5.41, 5.74) is 0.893. The van der Waals surface area contributed by atoms with Crippen LogP contribution < -0.4 is 4.74 Å². The normalized spacial score (nSPS) is 12.7. The monoisotopic (exact) mass is 411 g/mol. The molecule has 26 heavy (non-hydrogen) atoms. The summed E-state index contributed by atoms with van der Waals surface area (Å²) in [6.45, 7) is 1.80. The zero-order valence-electron chi connectivity index (χ0n) is 13.7. The number of thiazole rings is 1. The zero-order chi connectivity index (χ0) is 18.7. The van der Waals surface area contributed by atoms with Crippen LogP contribution in [0.5, 0.6) is 5.75 Å². The summed E-state index contributed by atoms with van der Waals surface area (Å²) in [6, 6.07) is 11.5. The first-order valence-corrected chi connectivity index (χ1v) is 10.6. The van der Waals surface area contributed by atoms with Gasteiger partial charge in [-0.3, -0.25) is 0 Å². The van der Waals surface area contributed by atoms with Crippen LogP contribution in [0.25, 0.3) is 0 Å². The molecule has 136 valence electrons. The number of halogens is 2. The van der Waals surface area contributed by atoms with Crippen LogP contribution in [-0.4, -0.2) is 13.4 Å². The van der Waals surface area contributed by atoms with E-state index in [1.165, 1.54) is 17.5 Å². The number of ether oxygens (including phenoxy) is 1. The third-order valence-corrected chi connectivity index (χ3v) is 6.59. The van der Waals surface area contributed by atoms with Gasteiger partial charge in [0.1, 0.15) is 33.3 Å². The summed E-state index contributed by atoms with van der Waals surface area (Å²) in [5, 5.41) is 2.08. The fraction of sp³-hybridized carbons (Fsp3) is 0.167. The second-order valence-corrected chi connectivity index (χ2v) is 8.91. The van der Waals surface area contributed by atoms with Crippen molar-refractivity contribution >= 4 is 32.8 Å². The van der Waals surface area contributed by atoms with Gasteiger partial charge < -0.3 is 4.74 Å². The summed E-state index contributed by atoms with van der Waals surface area (Å²) in [5.74, 6) is -1.19. The smallest absolute Gasteiger partial charge is 0.187 e. The number of sulfone groups is 1. The van der Waals surface area contributed by atoms with E-state index in [0.29, 0.717) is 5.01 Å². The van der Waals surface area contributed by atoms with Crippen LogP contribution in [0.3, 0.4) is 0 Å². The molecule has 0 spiro atoms. The van der Waals surface area contributed by atoms with Gasteiger partial charge in [-0.2, -0.15) is 0 Å².